The van der Waals surface area contributed by atoms with Gasteiger partial charge in [0.15, 0.2) is 0 Å². The highest BCUT2D eigenvalue weighted by Crippen LogP contribution is 2.48. The monoisotopic (exact) mass is 640 g/mol. The van der Waals surface area contributed by atoms with Crippen molar-refractivity contribution in [3.05, 3.63) is 109 Å². The van der Waals surface area contributed by atoms with Gasteiger partial charge in [-0.15, -0.1) is 6.58 Å². The molecule has 2 saturated carbocycles. The number of allylic oxidation sites excluding steroid dienone is 4. The van der Waals surface area contributed by atoms with Crippen LogP contribution in [0.5, 0.6) is 0 Å². The Bertz CT molecular complexity index is 1310. The molecule has 2 aromatic rings. The van der Waals surface area contributed by atoms with E-state index in [0.717, 1.165) is 19.3 Å². The van der Waals surface area contributed by atoms with E-state index in [4.69, 9.17) is 14.2 Å². The summed E-state index contributed by atoms with van der Waals surface area (Å²) in [6.07, 6.45) is 16.1. The maximum absolute atomic E-state index is 11.2. The number of rotatable bonds is 11. The second kappa shape index (κ2) is 19.5. The Kier molecular flexibility index (Phi) is 15.4. The van der Waals surface area contributed by atoms with Crippen LogP contribution in [0.25, 0.3) is 12.2 Å². The lowest BCUT2D eigenvalue weighted by molar-refractivity contribution is -0.147. The molecule has 6 nitrogen and oxygen atoms in total. The molecule has 2 aromatic carbocycles. The molecule has 0 amide bonds. The molecule has 3 aliphatic rings. The van der Waals surface area contributed by atoms with Crippen molar-refractivity contribution in [3.63, 3.8) is 0 Å². The Morgan fingerprint density at radius 1 is 0.660 bits per heavy atom. The van der Waals surface area contributed by atoms with Crippen molar-refractivity contribution in [1.29, 1.82) is 0 Å². The maximum Gasteiger partial charge on any atom is 0.302 e. The fraction of sp³-hybridized carbons (Fsp3) is 0.439. The highest BCUT2D eigenvalue weighted by molar-refractivity contribution is 5.66. The summed E-state index contributed by atoms with van der Waals surface area (Å²) in [4.78, 5) is 32.9. The minimum Gasteiger partial charge on any atom is -0.466 e. The number of fused-ring (bicyclic) bond motifs is 2. The molecule has 0 saturated heterocycles. The van der Waals surface area contributed by atoms with E-state index >= 15 is 0 Å². The highest BCUT2D eigenvalue weighted by atomic mass is 16.5. The summed E-state index contributed by atoms with van der Waals surface area (Å²) in [5.41, 5.74) is 2.39. The van der Waals surface area contributed by atoms with Crippen molar-refractivity contribution in [2.24, 2.45) is 47.3 Å². The number of esters is 3. The molecule has 8 atom stereocenters. The zero-order valence-corrected chi connectivity index (χ0v) is 28.5. The van der Waals surface area contributed by atoms with Gasteiger partial charge >= 0.3 is 17.9 Å². The van der Waals surface area contributed by atoms with E-state index < -0.39 is 0 Å². The lowest BCUT2D eigenvalue weighted by Gasteiger charge is -2.26. The molecule has 252 valence electrons. The van der Waals surface area contributed by atoms with Crippen LogP contribution in [0.15, 0.2) is 98.1 Å². The van der Waals surface area contributed by atoms with Gasteiger partial charge in [-0.3, -0.25) is 14.4 Å². The highest BCUT2D eigenvalue weighted by Gasteiger charge is 2.45. The zero-order valence-electron chi connectivity index (χ0n) is 28.5. The third kappa shape index (κ3) is 11.8. The van der Waals surface area contributed by atoms with E-state index in [1.807, 2.05) is 54.6 Å². The normalized spacial score (nSPS) is 26.7. The van der Waals surface area contributed by atoms with Crippen LogP contribution in [0.3, 0.4) is 0 Å². The van der Waals surface area contributed by atoms with Gasteiger partial charge in [0, 0.05) is 38.5 Å². The van der Waals surface area contributed by atoms with Crippen molar-refractivity contribution in [1.82, 2.24) is 0 Å². The number of hydrogen-bond donors (Lipinski definition) is 0. The smallest absolute Gasteiger partial charge is 0.302 e. The molecule has 0 N–H and O–H groups in total. The molecule has 6 heteroatoms. The predicted molar refractivity (Wildman–Crippen MR) is 189 cm³/mol. The number of carbonyl (C=O) groups is 3. The van der Waals surface area contributed by atoms with Gasteiger partial charge in [-0.25, -0.2) is 0 Å². The van der Waals surface area contributed by atoms with E-state index in [2.05, 4.69) is 62.6 Å². The first kappa shape index (κ1) is 37.3. The third-order valence-corrected chi connectivity index (χ3v) is 9.58. The first-order chi connectivity index (χ1) is 22.7. The van der Waals surface area contributed by atoms with Gasteiger partial charge in [0.25, 0.3) is 0 Å². The first-order valence-corrected chi connectivity index (χ1v) is 16.8. The lowest BCUT2D eigenvalue weighted by atomic mass is 9.84. The quantitative estimate of drug-likeness (QED) is 0.139. The van der Waals surface area contributed by atoms with Gasteiger partial charge in [-0.1, -0.05) is 117 Å². The molecule has 6 unspecified atom stereocenters. The molecule has 0 radical (unpaired) electrons. The summed E-state index contributed by atoms with van der Waals surface area (Å²) in [5, 5.41) is 0. The summed E-state index contributed by atoms with van der Waals surface area (Å²) in [6, 6.07) is 20.4. The number of hydrogen-bond acceptors (Lipinski definition) is 6. The van der Waals surface area contributed by atoms with Crippen molar-refractivity contribution >= 4 is 30.1 Å². The summed E-state index contributed by atoms with van der Waals surface area (Å²) < 4.78 is 15.5. The second-order valence-electron chi connectivity index (χ2n) is 12.6. The van der Waals surface area contributed by atoms with Crippen molar-refractivity contribution < 1.29 is 28.6 Å². The lowest BCUT2D eigenvalue weighted by Crippen LogP contribution is -2.29. The van der Waals surface area contributed by atoms with Gasteiger partial charge in [-0.2, -0.15) is 0 Å². The average Bonchev–Trinajstić information content (AvgIpc) is 3.79. The molecule has 2 bridgehead atoms. The van der Waals surface area contributed by atoms with Gasteiger partial charge in [0.05, 0.1) is 19.8 Å². The van der Waals surface area contributed by atoms with Crippen LogP contribution in [-0.4, -0.2) is 37.7 Å². The van der Waals surface area contributed by atoms with E-state index in [1.54, 1.807) is 0 Å². The number of benzene rings is 2. The van der Waals surface area contributed by atoms with E-state index in [0.29, 0.717) is 67.2 Å². The number of carbonyl (C=O) groups excluding carboxylic acids is 3. The Morgan fingerprint density at radius 2 is 1.13 bits per heavy atom. The predicted octanol–water partition coefficient (Wildman–Crippen LogP) is 8.61. The molecule has 2 fully saturated rings. The summed E-state index contributed by atoms with van der Waals surface area (Å²) in [6.45, 7) is 15.5. The molecule has 0 spiro atoms. The van der Waals surface area contributed by atoms with E-state index in [-0.39, 0.29) is 17.9 Å². The van der Waals surface area contributed by atoms with Gasteiger partial charge in [0.2, 0.25) is 0 Å². The molecule has 0 heterocycles. The topological polar surface area (TPSA) is 78.9 Å². The molecule has 0 aliphatic heterocycles. The van der Waals surface area contributed by atoms with Crippen LogP contribution in [0, 0.1) is 47.3 Å². The molecular weight excluding hydrogens is 588 g/mol. The van der Waals surface area contributed by atoms with Crippen molar-refractivity contribution in [3.8, 4) is 0 Å². The van der Waals surface area contributed by atoms with Crippen molar-refractivity contribution in [2.45, 2.75) is 47.0 Å². The Labute approximate surface area is 281 Å². The standard InChI is InChI=1S/C20H26O2.C13H18O4.C8H8/c1-4-17-13-18(12-11-16-9-7-6-8-10-16)20(19(17)5-2)14-22-15(3)21;1-8(14)16-6-12-10-3-4-11(5-10)13(12)7-17-9(2)15;1-2-8-6-4-3-5-7-8/h4,6-12,17-20H,1,5,13-14H2,2-3H3;3-4,10-13H,5-7H2,1-2H3;2-7H,1H2/t17?,18?,19-,20+;;/m1../s1. The molecule has 5 rings (SSSR count). The minimum atomic E-state index is -0.247. The van der Waals surface area contributed by atoms with Crippen LogP contribution in [0.2, 0.25) is 0 Å². The third-order valence-electron chi connectivity index (χ3n) is 9.58. The minimum absolute atomic E-state index is 0.192. The SMILES string of the molecule is C=CC1CC(C=Cc2ccccc2)[C@H](COC(C)=O)[C@@H]1CC.C=Cc1ccccc1.CC(=O)OCC1C2C=CC(C2)C1COC(C)=O. The van der Waals surface area contributed by atoms with Gasteiger partial charge in [0.1, 0.15) is 0 Å². The fourth-order valence-electron chi connectivity index (χ4n) is 7.19. The van der Waals surface area contributed by atoms with Crippen molar-refractivity contribution in [2.75, 3.05) is 19.8 Å². The zero-order chi connectivity index (χ0) is 34.2. The molecule has 3 aliphatic carbocycles. The summed E-state index contributed by atoms with van der Waals surface area (Å²) >= 11 is 0. The average molecular weight is 641 g/mol. The number of ether oxygens (including phenoxy) is 3. The van der Waals surface area contributed by atoms with Crippen LogP contribution in [-0.2, 0) is 28.6 Å². The van der Waals surface area contributed by atoms with Crippen LogP contribution < -0.4 is 0 Å². The van der Waals surface area contributed by atoms with Gasteiger partial charge < -0.3 is 14.2 Å². The van der Waals surface area contributed by atoms with Crippen LogP contribution in [0.4, 0.5) is 0 Å². The Balaban J connectivity index is 0.000000211. The molecule has 0 aromatic heterocycles. The van der Waals surface area contributed by atoms with Crippen LogP contribution in [0.1, 0.15) is 58.1 Å². The summed E-state index contributed by atoms with van der Waals surface area (Å²) in [7, 11) is 0. The van der Waals surface area contributed by atoms with Gasteiger partial charge in [-0.05, 0) is 53.6 Å². The van der Waals surface area contributed by atoms with Crippen LogP contribution >= 0.6 is 0 Å². The Hall–Kier alpha value is -4.19. The maximum atomic E-state index is 11.2. The summed E-state index contributed by atoms with van der Waals surface area (Å²) in [5.74, 6) is 2.73. The second-order valence-corrected chi connectivity index (χ2v) is 12.6. The molecular formula is C41H52O6. The fourth-order valence-corrected chi connectivity index (χ4v) is 7.19. The Morgan fingerprint density at radius 3 is 1.53 bits per heavy atom. The van der Waals surface area contributed by atoms with E-state index in [1.165, 1.54) is 31.9 Å². The largest absolute Gasteiger partial charge is 0.466 e. The van der Waals surface area contributed by atoms with E-state index in [9.17, 15) is 14.4 Å². The molecule has 47 heavy (non-hydrogen) atoms. The first-order valence-electron chi connectivity index (χ1n) is 16.8.